The summed E-state index contributed by atoms with van der Waals surface area (Å²) in [4.78, 5) is 44.7. The van der Waals surface area contributed by atoms with Crippen molar-refractivity contribution in [2.45, 2.75) is 38.3 Å². The number of amides is 3. The van der Waals surface area contributed by atoms with E-state index >= 15 is 0 Å². The number of hydrogen-bond acceptors (Lipinski definition) is 6. The van der Waals surface area contributed by atoms with Gasteiger partial charge in [-0.05, 0) is 67.6 Å². The SMILES string of the molecule is NC(=O)c1ccnc(NC(=O)C2CC2)c1.O=C(NC1CCN(Cc2cccc(Cl)c2)CC1)c1cccnc1. The fraction of sp³-hybridized carbons (Fsp3) is 0.321. The van der Waals surface area contributed by atoms with E-state index in [2.05, 4.69) is 31.6 Å². The summed E-state index contributed by atoms with van der Waals surface area (Å²) in [5, 5.41) is 6.52. The lowest BCUT2D eigenvalue weighted by Gasteiger charge is -2.32. The quantitative estimate of drug-likeness (QED) is 0.424. The van der Waals surface area contributed by atoms with Crippen LogP contribution >= 0.6 is 11.6 Å². The average Bonchev–Trinajstić information content (AvgIpc) is 3.77. The predicted molar refractivity (Wildman–Crippen MR) is 146 cm³/mol. The van der Waals surface area contributed by atoms with Gasteiger partial charge in [-0.15, -0.1) is 0 Å². The van der Waals surface area contributed by atoms with Gasteiger partial charge in [-0.1, -0.05) is 23.7 Å². The number of halogens is 1. The molecule has 198 valence electrons. The number of benzene rings is 1. The molecule has 1 saturated carbocycles. The third-order valence-corrected chi connectivity index (χ3v) is 6.62. The Balaban J connectivity index is 0.000000194. The van der Waals surface area contributed by atoms with Gasteiger partial charge >= 0.3 is 0 Å². The van der Waals surface area contributed by atoms with Crippen LogP contribution in [0.4, 0.5) is 5.82 Å². The predicted octanol–water partition coefficient (Wildman–Crippen LogP) is 3.66. The maximum Gasteiger partial charge on any atom is 0.253 e. The fourth-order valence-electron chi connectivity index (χ4n) is 4.12. The molecule has 0 radical (unpaired) electrons. The van der Waals surface area contributed by atoms with Crippen LogP contribution in [0.3, 0.4) is 0 Å². The van der Waals surface area contributed by atoms with Gasteiger partial charge in [0.2, 0.25) is 11.8 Å². The number of likely N-dealkylation sites (tertiary alicyclic amines) is 1. The van der Waals surface area contributed by atoms with Crippen LogP contribution in [0, 0.1) is 5.92 Å². The molecule has 9 nitrogen and oxygen atoms in total. The zero-order chi connectivity index (χ0) is 26.9. The molecule has 3 aromatic rings. The number of carbonyl (C=O) groups excluding carboxylic acids is 3. The third kappa shape index (κ3) is 8.36. The lowest BCUT2D eigenvalue weighted by Crippen LogP contribution is -2.44. The Morgan fingerprint density at radius 3 is 2.42 bits per heavy atom. The molecule has 10 heteroatoms. The molecule has 38 heavy (non-hydrogen) atoms. The first-order chi connectivity index (χ1) is 18.4. The number of nitrogens with two attached hydrogens (primary N) is 1. The van der Waals surface area contributed by atoms with E-state index in [4.69, 9.17) is 17.3 Å². The zero-order valence-corrected chi connectivity index (χ0v) is 21.7. The van der Waals surface area contributed by atoms with Crippen LogP contribution < -0.4 is 16.4 Å². The van der Waals surface area contributed by atoms with Crippen molar-refractivity contribution in [3.63, 3.8) is 0 Å². The van der Waals surface area contributed by atoms with Crippen LogP contribution in [0.1, 0.15) is 52.0 Å². The number of pyridine rings is 2. The Morgan fingerprint density at radius 2 is 1.76 bits per heavy atom. The normalized spacial score (nSPS) is 15.6. The van der Waals surface area contributed by atoms with Crippen molar-refractivity contribution in [3.8, 4) is 0 Å². The van der Waals surface area contributed by atoms with Gasteiger partial charge in [0.1, 0.15) is 5.82 Å². The number of piperidine rings is 1. The summed E-state index contributed by atoms with van der Waals surface area (Å²) >= 11 is 6.03. The second kappa shape index (κ2) is 13.1. The Kier molecular flexibility index (Phi) is 9.40. The molecule has 0 unspecified atom stereocenters. The number of aromatic nitrogens is 2. The standard InChI is InChI=1S/C18H20ClN3O.C10H11N3O2/c19-16-5-1-3-14(11-16)13-22-9-6-17(7-10-22)21-18(23)15-4-2-8-20-12-15;11-9(14)7-3-4-12-8(5-7)13-10(15)6-1-2-6/h1-5,8,11-12,17H,6-7,9-10,13H2,(H,21,23);3-6H,1-2H2,(H2,11,14)(H,12,13,15). The monoisotopic (exact) mass is 534 g/mol. The summed E-state index contributed by atoms with van der Waals surface area (Å²) in [5.41, 5.74) is 7.30. The summed E-state index contributed by atoms with van der Waals surface area (Å²) in [6.07, 6.45) is 8.51. The largest absolute Gasteiger partial charge is 0.366 e. The first kappa shape index (κ1) is 27.2. The highest BCUT2D eigenvalue weighted by atomic mass is 35.5. The molecule has 1 aliphatic carbocycles. The molecule has 5 rings (SSSR count). The smallest absolute Gasteiger partial charge is 0.253 e. The minimum Gasteiger partial charge on any atom is -0.366 e. The van der Waals surface area contributed by atoms with E-state index in [1.807, 2.05) is 18.2 Å². The van der Waals surface area contributed by atoms with Gasteiger partial charge in [0.25, 0.3) is 5.91 Å². The van der Waals surface area contributed by atoms with Gasteiger partial charge in [0.15, 0.2) is 0 Å². The summed E-state index contributed by atoms with van der Waals surface area (Å²) < 4.78 is 0. The van der Waals surface area contributed by atoms with Gasteiger partial charge in [-0.2, -0.15) is 0 Å². The first-order valence-corrected chi connectivity index (χ1v) is 13.0. The average molecular weight is 535 g/mol. The van der Waals surface area contributed by atoms with Gasteiger partial charge in [0.05, 0.1) is 5.56 Å². The molecule has 1 aliphatic heterocycles. The first-order valence-electron chi connectivity index (χ1n) is 12.6. The van der Waals surface area contributed by atoms with Crippen LogP contribution in [-0.4, -0.2) is 51.7 Å². The molecular weight excluding hydrogens is 504 g/mol. The van der Waals surface area contributed by atoms with Gasteiger partial charge in [0, 0.05) is 60.8 Å². The van der Waals surface area contributed by atoms with Crippen molar-refractivity contribution in [2.75, 3.05) is 18.4 Å². The van der Waals surface area contributed by atoms with E-state index in [1.165, 1.54) is 23.9 Å². The number of hydrogen-bond donors (Lipinski definition) is 3. The fourth-order valence-corrected chi connectivity index (χ4v) is 4.33. The number of anilines is 1. The van der Waals surface area contributed by atoms with Crippen molar-refractivity contribution in [1.29, 1.82) is 0 Å². The Hall–Kier alpha value is -3.82. The molecule has 4 N–H and O–H groups in total. The van der Waals surface area contributed by atoms with E-state index in [-0.39, 0.29) is 23.8 Å². The maximum atomic E-state index is 12.1. The summed E-state index contributed by atoms with van der Waals surface area (Å²) in [6.45, 7) is 2.86. The van der Waals surface area contributed by atoms with Crippen molar-refractivity contribution < 1.29 is 14.4 Å². The van der Waals surface area contributed by atoms with Gasteiger partial charge < -0.3 is 16.4 Å². The maximum absolute atomic E-state index is 12.1. The summed E-state index contributed by atoms with van der Waals surface area (Å²) in [6, 6.07) is 14.8. The van der Waals surface area contributed by atoms with Crippen LogP contribution in [0.25, 0.3) is 0 Å². The molecule has 2 fully saturated rings. The van der Waals surface area contributed by atoms with E-state index in [0.717, 1.165) is 50.3 Å². The van der Waals surface area contributed by atoms with E-state index in [9.17, 15) is 14.4 Å². The molecule has 0 atom stereocenters. The minimum atomic E-state index is -0.528. The number of nitrogens with zero attached hydrogens (tertiary/aromatic N) is 3. The highest BCUT2D eigenvalue weighted by Gasteiger charge is 2.29. The highest BCUT2D eigenvalue weighted by Crippen LogP contribution is 2.29. The van der Waals surface area contributed by atoms with Gasteiger partial charge in [-0.3, -0.25) is 24.3 Å². The Bertz CT molecular complexity index is 1260. The van der Waals surface area contributed by atoms with Crippen molar-refractivity contribution in [1.82, 2.24) is 20.2 Å². The molecule has 3 amide bonds. The summed E-state index contributed by atoms with van der Waals surface area (Å²) in [7, 11) is 0. The molecule has 1 aromatic carbocycles. The summed E-state index contributed by atoms with van der Waals surface area (Å²) in [5.74, 6) is -0.109. The number of carbonyl (C=O) groups is 3. The molecule has 3 heterocycles. The van der Waals surface area contributed by atoms with Crippen molar-refractivity contribution in [2.24, 2.45) is 11.7 Å². The lowest BCUT2D eigenvalue weighted by molar-refractivity contribution is -0.117. The van der Waals surface area contributed by atoms with Crippen LogP contribution in [0.5, 0.6) is 0 Å². The molecule has 0 bridgehead atoms. The molecule has 1 saturated heterocycles. The number of primary amides is 1. The highest BCUT2D eigenvalue weighted by molar-refractivity contribution is 6.30. The zero-order valence-electron chi connectivity index (χ0n) is 21.0. The van der Waals surface area contributed by atoms with Gasteiger partial charge in [-0.25, -0.2) is 4.98 Å². The second-order valence-corrected chi connectivity index (χ2v) is 9.89. The number of rotatable bonds is 7. The Morgan fingerprint density at radius 1 is 0.974 bits per heavy atom. The molecular formula is C28H31ClN6O3. The van der Waals surface area contributed by atoms with Crippen molar-refractivity contribution >= 4 is 35.1 Å². The van der Waals surface area contributed by atoms with Crippen LogP contribution in [0.2, 0.25) is 5.02 Å². The van der Waals surface area contributed by atoms with Crippen molar-refractivity contribution in [3.05, 3.63) is 88.8 Å². The second-order valence-electron chi connectivity index (χ2n) is 9.45. The minimum absolute atomic E-state index is 0.0357. The molecule has 2 aromatic heterocycles. The number of nitrogens with one attached hydrogen (secondary N) is 2. The van der Waals surface area contributed by atoms with E-state index in [0.29, 0.717) is 16.9 Å². The van der Waals surface area contributed by atoms with E-state index < -0.39 is 5.91 Å². The Labute approximate surface area is 226 Å². The third-order valence-electron chi connectivity index (χ3n) is 6.39. The van der Waals surface area contributed by atoms with Crippen LogP contribution in [-0.2, 0) is 11.3 Å². The lowest BCUT2D eigenvalue weighted by atomic mass is 10.0. The van der Waals surface area contributed by atoms with E-state index in [1.54, 1.807) is 24.5 Å². The topological polar surface area (TPSA) is 130 Å². The van der Waals surface area contributed by atoms with Crippen LogP contribution in [0.15, 0.2) is 67.1 Å². The molecule has 2 aliphatic rings. The molecule has 0 spiro atoms.